The zero-order valence-electron chi connectivity index (χ0n) is 22.7. The van der Waals surface area contributed by atoms with Crippen LogP contribution in [-0.4, -0.2) is 65.9 Å². The van der Waals surface area contributed by atoms with E-state index in [2.05, 4.69) is 21.3 Å². The maximum atomic E-state index is 13.0. The van der Waals surface area contributed by atoms with Crippen molar-refractivity contribution in [1.29, 1.82) is 0 Å². The van der Waals surface area contributed by atoms with Crippen LogP contribution in [0.2, 0.25) is 0 Å². The van der Waals surface area contributed by atoms with Gasteiger partial charge in [0.25, 0.3) is 0 Å². The summed E-state index contributed by atoms with van der Waals surface area (Å²) < 4.78 is 0. The van der Waals surface area contributed by atoms with Gasteiger partial charge >= 0.3 is 0 Å². The number of amides is 5. The lowest BCUT2D eigenvalue weighted by Crippen LogP contribution is -2.55. The van der Waals surface area contributed by atoms with Crippen molar-refractivity contribution in [1.82, 2.24) is 21.3 Å². The van der Waals surface area contributed by atoms with Gasteiger partial charge in [-0.15, -0.1) is 0 Å². The van der Waals surface area contributed by atoms with Crippen molar-refractivity contribution in [2.24, 2.45) is 17.4 Å². The summed E-state index contributed by atoms with van der Waals surface area (Å²) in [6.45, 7) is 2.93. The Kier molecular flexibility index (Phi) is 12.6. The van der Waals surface area contributed by atoms with Crippen LogP contribution in [0.3, 0.4) is 0 Å². The van der Waals surface area contributed by atoms with Crippen LogP contribution in [0.4, 0.5) is 0 Å². The second kappa shape index (κ2) is 15.8. The summed E-state index contributed by atoms with van der Waals surface area (Å²) in [7, 11) is 0. The number of benzene rings is 2. The molecule has 3 atom stereocenters. The third kappa shape index (κ3) is 11.5. The molecule has 0 aliphatic rings. The van der Waals surface area contributed by atoms with Crippen molar-refractivity contribution in [3.05, 3.63) is 65.7 Å². The number of nitrogens with one attached hydrogen (secondary N) is 4. The van der Waals surface area contributed by atoms with E-state index in [-0.39, 0.29) is 24.5 Å². The van der Waals surface area contributed by atoms with Gasteiger partial charge in [0.1, 0.15) is 17.8 Å². The number of carbonyl (C=O) groups is 5. The highest BCUT2D eigenvalue weighted by Crippen LogP contribution is 2.11. The van der Waals surface area contributed by atoms with Crippen LogP contribution in [0, 0.1) is 5.92 Å². The summed E-state index contributed by atoms with van der Waals surface area (Å²) in [5, 5.41) is 19.3. The van der Waals surface area contributed by atoms with E-state index in [0.29, 0.717) is 6.42 Å². The van der Waals surface area contributed by atoms with Gasteiger partial charge in [-0.25, -0.2) is 0 Å². The predicted molar refractivity (Wildman–Crippen MR) is 148 cm³/mol. The normalized spacial score (nSPS) is 13.0. The Hall–Kier alpha value is -4.45. The third-order valence-electron chi connectivity index (χ3n) is 5.90. The summed E-state index contributed by atoms with van der Waals surface area (Å²) in [6.07, 6.45) is 0.691. The molecule has 2 rings (SSSR count). The second-order valence-electron chi connectivity index (χ2n) is 9.87. The standard InChI is InChI=1S/C28H38N6O6/c1-17(2)12-22(26(30)38)34-28(40)23(14-18-6-4-3-5-7-18)33-25(37)16-31-24(36)15-32-27(39)21(29)13-19-8-10-20(35)11-9-19/h3-11,17,21-23,35H,12-16,29H2,1-2H3,(H2,30,38)(H,31,36)(H,32,39)(H,33,37)(H,34,40)/t21-,22+,23+/m1/s1. The molecule has 0 bridgehead atoms. The first-order valence-electron chi connectivity index (χ1n) is 13.0. The highest BCUT2D eigenvalue weighted by Gasteiger charge is 2.26. The Morgan fingerprint density at radius 1 is 0.750 bits per heavy atom. The van der Waals surface area contributed by atoms with Gasteiger partial charge in [0, 0.05) is 6.42 Å². The number of rotatable bonds is 15. The van der Waals surface area contributed by atoms with Gasteiger partial charge in [0.05, 0.1) is 19.1 Å². The van der Waals surface area contributed by atoms with Gasteiger partial charge in [-0.05, 0) is 42.0 Å². The molecule has 216 valence electrons. The van der Waals surface area contributed by atoms with Crippen LogP contribution in [0.1, 0.15) is 31.4 Å². The first-order valence-corrected chi connectivity index (χ1v) is 13.0. The summed E-state index contributed by atoms with van der Waals surface area (Å²) in [5.74, 6) is -2.90. The quantitative estimate of drug-likeness (QED) is 0.150. The summed E-state index contributed by atoms with van der Waals surface area (Å²) >= 11 is 0. The maximum absolute atomic E-state index is 13.0. The van der Waals surface area contributed by atoms with Gasteiger partial charge in [0.2, 0.25) is 29.5 Å². The van der Waals surface area contributed by atoms with Gasteiger partial charge in [-0.3, -0.25) is 24.0 Å². The van der Waals surface area contributed by atoms with E-state index in [0.717, 1.165) is 11.1 Å². The van der Waals surface area contributed by atoms with E-state index in [4.69, 9.17) is 11.5 Å². The molecule has 40 heavy (non-hydrogen) atoms. The molecule has 0 aliphatic carbocycles. The third-order valence-corrected chi connectivity index (χ3v) is 5.90. The number of aromatic hydroxyl groups is 1. The molecular weight excluding hydrogens is 516 g/mol. The molecule has 0 saturated carbocycles. The molecule has 0 aliphatic heterocycles. The zero-order chi connectivity index (χ0) is 29.7. The van der Waals surface area contributed by atoms with Crippen molar-refractivity contribution >= 4 is 29.5 Å². The van der Waals surface area contributed by atoms with Crippen LogP contribution in [0.15, 0.2) is 54.6 Å². The van der Waals surface area contributed by atoms with Crippen LogP contribution in [-0.2, 0) is 36.8 Å². The monoisotopic (exact) mass is 554 g/mol. The smallest absolute Gasteiger partial charge is 0.243 e. The Balaban J connectivity index is 1.88. The molecule has 0 saturated heterocycles. The second-order valence-corrected chi connectivity index (χ2v) is 9.87. The predicted octanol–water partition coefficient (Wildman–Crippen LogP) is -0.762. The number of hydrogen-bond donors (Lipinski definition) is 7. The summed E-state index contributed by atoms with van der Waals surface area (Å²) in [4.78, 5) is 61.9. The molecule has 0 unspecified atom stereocenters. The molecule has 9 N–H and O–H groups in total. The Morgan fingerprint density at radius 2 is 1.35 bits per heavy atom. The lowest BCUT2D eigenvalue weighted by atomic mass is 10.0. The zero-order valence-corrected chi connectivity index (χ0v) is 22.7. The van der Waals surface area contributed by atoms with E-state index in [9.17, 15) is 29.1 Å². The molecule has 0 aromatic heterocycles. The SMILES string of the molecule is CC(C)C[C@H](NC(=O)[C@H](Cc1ccccc1)NC(=O)CNC(=O)CNC(=O)[C@H](N)Cc1ccc(O)cc1)C(N)=O. The largest absolute Gasteiger partial charge is 0.508 e. The van der Waals surface area contributed by atoms with Crippen molar-refractivity contribution in [2.75, 3.05) is 13.1 Å². The van der Waals surface area contributed by atoms with Crippen LogP contribution >= 0.6 is 0 Å². The van der Waals surface area contributed by atoms with E-state index in [1.807, 2.05) is 19.9 Å². The number of phenols is 1. The number of carbonyl (C=O) groups excluding carboxylic acids is 5. The molecule has 0 fully saturated rings. The Morgan fingerprint density at radius 3 is 1.95 bits per heavy atom. The number of hydrogen-bond acceptors (Lipinski definition) is 7. The number of phenolic OH excluding ortho intramolecular Hbond substituents is 1. The molecule has 0 spiro atoms. The number of nitrogens with two attached hydrogens (primary N) is 2. The number of primary amides is 1. The molecular formula is C28H38N6O6. The van der Waals surface area contributed by atoms with Crippen LogP contribution < -0.4 is 32.7 Å². The molecule has 2 aromatic carbocycles. The minimum atomic E-state index is -1.03. The average molecular weight is 555 g/mol. The molecule has 2 aromatic rings. The summed E-state index contributed by atoms with van der Waals surface area (Å²) in [5.41, 5.74) is 12.8. The van der Waals surface area contributed by atoms with Gasteiger partial charge in [-0.1, -0.05) is 56.3 Å². The fourth-order valence-corrected chi connectivity index (χ4v) is 3.81. The molecule has 0 radical (unpaired) electrons. The molecule has 0 heterocycles. The van der Waals surface area contributed by atoms with Gasteiger partial charge in [0.15, 0.2) is 0 Å². The minimum Gasteiger partial charge on any atom is -0.508 e. The van der Waals surface area contributed by atoms with Crippen molar-refractivity contribution in [2.45, 2.75) is 51.2 Å². The van der Waals surface area contributed by atoms with E-state index >= 15 is 0 Å². The first-order chi connectivity index (χ1) is 18.9. The minimum absolute atomic E-state index is 0.0930. The van der Waals surface area contributed by atoms with Crippen LogP contribution in [0.25, 0.3) is 0 Å². The van der Waals surface area contributed by atoms with Gasteiger partial charge in [-0.2, -0.15) is 0 Å². The molecule has 5 amide bonds. The highest BCUT2D eigenvalue weighted by molar-refractivity contribution is 5.93. The lowest BCUT2D eigenvalue weighted by Gasteiger charge is -2.23. The van der Waals surface area contributed by atoms with E-state index < -0.39 is 60.8 Å². The average Bonchev–Trinajstić information content (AvgIpc) is 2.91. The lowest BCUT2D eigenvalue weighted by molar-refractivity contribution is -0.132. The Labute approximate surface area is 233 Å². The Bertz CT molecular complexity index is 1160. The van der Waals surface area contributed by atoms with Crippen molar-refractivity contribution in [3.63, 3.8) is 0 Å². The first kappa shape index (κ1) is 31.8. The summed E-state index contributed by atoms with van der Waals surface area (Å²) in [6, 6.07) is 12.4. The van der Waals surface area contributed by atoms with Crippen molar-refractivity contribution in [3.8, 4) is 5.75 Å². The highest BCUT2D eigenvalue weighted by atomic mass is 16.3. The molecule has 12 heteroatoms. The van der Waals surface area contributed by atoms with E-state index in [1.54, 1.807) is 36.4 Å². The van der Waals surface area contributed by atoms with Crippen LogP contribution in [0.5, 0.6) is 5.75 Å². The fourth-order valence-electron chi connectivity index (χ4n) is 3.81. The fraction of sp³-hybridized carbons (Fsp3) is 0.393. The maximum Gasteiger partial charge on any atom is 0.243 e. The topological polar surface area (TPSA) is 206 Å². The van der Waals surface area contributed by atoms with E-state index in [1.165, 1.54) is 12.1 Å². The van der Waals surface area contributed by atoms with Gasteiger partial charge < -0.3 is 37.8 Å². The molecule has 12 nitrogen and oxygen atoms in total. The van der Waals surface area contributed by atoms with Crippen molar-refractivity contribution < 1.29 is 29.1 Å².